The Labute approximate surface area is 135 Å². The molecule has 1 unspecified atom stereocenters. The molecular weight excluding hydrogens is 294 g/mol. The Kier molecular flexibility index (Phi) is 3.91. The Bertz CT molecular complexity index is 660. The molecule has 1 atom stereocenters. The minimum atomic E-state index is -0.231. The van der Waals surface area contributed by atoms with Crippen molar-refractivity contribution < 1.29 is 13.9 Å². The van der Waals surface area contributed by atoms with Gasteiger partial charge in [-0.2, -0.15) is 4.98 Å². The van der Waals surface area contributed by atoms with Crippen LogP contribution in [0.3, 0.4) is 0 Å². The third kappa shape index (κ3) is 2.91. The highest BCUT2D eigenvalue weighted by Gasteiger charge is 2.30. The molecule has 1 aromatic heterocycles. The number of rotatable bonds is 2. The molecule has 2 saturated heterocycles. The summed E-state index contributed by atoms with van der Waals surface area (Å²) in [6.45, 7) is 3.76. The first-order valence-electron chi connectivity index (χ1n) is 8.32. The first-order valence-corrected chi connectivity index (χ1v) is 8.32. The van der Waals surface area contributed by atoms with E-state index in [2.05, 4.69) is 9.88 Å². The van der Waals surface area contributed by atoms with Crippen LogP contribution in [-0.4, -0.2) is 54.7 Å². The van der Waals surface area contributed by atoms with Crippen molar-refractivity contribution in [3.8, 4) is 0 Å². The van der Waals surface area contributed by atoms with Crippen LogP contribution in [0.5, 0.6) is 0 Å². The zero-order valence-corrected chi connectivity index (χ0v) is 13.1. The number of hydrogen-bond acceptors (Lipinski definition) is 5. The first-order chi connectivity index (χ1) is 11.3. The van der Waals surface area contributed by atoms with Crippen LogP contribution in [0.1, 0.15) is 19.3 Å². The maximum Gasteiger partial charge on any atom is 0.298 e. The molecule has 0 N–H and O–H groups in total. The monoisotopic (exact) mass is 315 g/mol. The van der Waals surface area contributed by atoms with Gasteiger partial charge in [-0.05, 0) is 31.4 Å². The Morgan fingerprint density at radius 2 is 2.04 bits per heavy atom. The number of carbonyl (C=O) groups excluding carboxylic acids is 1. The van der Waals surface area contributed by atoms with Crippen molar-refractivity contribution >= 4 is 23.0 Å². The number of aromatic nitrogens is 1. The normalized spacial score (nSPS) is 22.5. The van der Waals surface area contributed by atoms with Crippen molar-refractivity contribution in [3.63, 3.8) is 0 Å². The van der Waals surface area contributed by atoms with Gasteiger partial charge in [0.25, 0.3) is 11.9 Å². The van der Waals surface area contributed by atoms with E-state index >= 15 is 0 Å². The smallest absolute Gasteiger partial charge is 0.298 e. The Morgan fingerprint density at radius 1 is 1.13 bits per heavy atom. The summed E-state index contributed by atoms with van der Waals surface area (Å²) >= 11 is 0. The second-order valence-corrected chi connectivity index (χ2v) is 6.13. The SMILES string of the molecule is O=C(C1CCCO1)N1CCCN(c2nc3ccccc3o2)CC1. The fourth-order valence-electron chi connectivity index (χ4n) is 3.30. The molecule has 2 aliphatic heterocycles. The number of ether oxygens (including phenoxy) is 1. The third-order valence-corrected chi connectivity index (χ3v) is 4.57. The number of para-hydroxylation sites is 2. The maximum atomic E-state index is 12.5. The number of oxazole rings is 1. The Hall–Kier alpha value is -2.08. The summed E-state index contributed by atoms with van der Waals surface area (Å²) in [5, 5.41) is 0. The lowest BCUT2D eigenvalue weighted by Gasteiger charge is -2.23. The van der Waals surface area contributed by atoms with Crippen LogP contribution in [0.4, 0.5) is 6.01 Å². The van der Waals surface area contributed by atoms with Gasteiger partial charge in [0.1, 0.15) is 11.6 Å². The minimum absolute atomic E-state index is 0.141. The number of amides is 1. The first kappa shape index (κ1) is 14.5. The largest absolute Gasteiger partial charge is 0.423 e. The van der Waals surface area contributed by atoms with Gasteiger partial charge < -0.3 is 19.0 Å². The number of benzene rings is 1. The number of carbonyl (C=O) groups is 1. The van der Waals surface area contributed by atoms with Crippen LogP contribution >= 0.6 is 0 Å². The van der Waals surface area contributed by atoms with Crippen LogP contribution in [-0.2, 0) is 9.53 Å². The van der Waals surface area contributed by atoms with E-state index in [1.165, 1.54) is 0 Å². The Balaban J connectivity index is 1.45. The van der Waals surface area contributed by atoms with Gasteiger partial charge in [0.15, 0.2) is 5.58 Å². The molecule has 6 nitrogen and oxygen atoms in total. The van der Waals surface area contributed by atoms with E-state index in [0.717, 1.165) is 50.0 Å². The molecule has 6 heteroatoms. The van der Waals surface area contributed by atoms with Crippen LogP contribution in [0, 0.1) is 0 Å². The van der Waals surface area contributed by atoms with Crippen molar-refractivity contribution in [3.05, 3.63) is 24.3 Å². The maximum absolute atomic E-state index is 12.5. The van der Waals surface area contributed by atoms with Gasteiger partial charge in [0.05, 0.1) is 0 Å². The number of fused-ring (bicyclic) bond motifs is 1. The lowest BCUT2D eigenvalue weighted by Crippen LogP contribution is -2.41. The summed E-state index contributed by atoms with van der Waals surface area (Å²) in [5.41, 5.74) is 1.68. The van der Waals surface area contributed by atoms with Crippen molar-refractivity contribution in [2.45, 2.75) is 25.4 Å². The lowest BCUT2D eigenvalue weighted by atomic mass is 10.2. The van der Waals surface area contributed by atoms with Gasteiger partial charge >= 0.3 is 0 Å². The fraction of sp³-hybridized carbons (Fsp3) is 0.529. The Morgan fingerprint density at radius 3 is 2.87 bits per heavy atom. The molecule has 0 saturated carbocycles. The summed E-state index contributed by atoms with van der Waals surface area (Å²) in [7, 11) is 0. The van der Waals surface area contributed by atoms with Gasteiger partial charge in [-0.25, -0.2) is 0 Å². The average Bonchev–Trinajstić information content (AvgIpc) is 3.19. The second-order valence-electron chi connectivity index (χ2n) is 6.13. The van der Waals surface area contributed by atoms with Crippen molar-refractivity contribution in [2.24, 2.45) is 0 Å². The number of anilines is 1. The van der Waals surface area contributed by atoms with Gasteiger partial charge in [-0.15, -0.1) is 0 Å². The standard InChI is InChI=1S/C17H21N3O3/c21-16(15-7-3-12-22-15)19-8-4-9-20(11-10-19)17-18-13-5-1-2-6-14(13)23-17/h1-2,5-6,15H,3-4,7-12H2. The molecule has 3 heterocycles. The van der Waals surface area contributed by atoms with Crippen LogP contribution in [0.15, 0.2) is 28.7 Å². The number of nitrogens with zero attached hydrogens (tertiary/aromatic N) is 3. The molecule has 122 valence electrons. The molecule has 2 aliphatic rings. The van der Waals surface area contributed by atoms with E-state index in [-0.39, 0.29) is 12.0 Å². The summed E-state index contributed by atoms with van der Waals surface area (Å²) < 4.78 is 11.4. The van der Waals surface area contributed by atoms with Crippen molar-refractivity contribution in [1.29, 1.82) is 0 Å². The van der Waals surface area contributed by atoms with E-state index < -0.39 is 0 Å². The molecule has 0 radical (unpaired) electrons. The summed E-state index contributed by atoms with van der Waals surface area (Å²) in [6.07, 6.45) is 2.52. The molecular formula is C17H21N3O3. The van der Waals surface area contributed by atoms with E-state index in [1.54, 1.807) is 0 Å². The second kappa shape index (κ2) is 6.20. The third-order valence-electron chi connectivity index (χ3n) is 4.57. The molecule has 1 amide bonds. The summed E-state index contributed by atoms with van der Waals surface area (Å²) in [5.74, 6) is 0.141. The van der Waals surface area contributed by atoms with Gasteiger partial charge in [0, 0.05) is 32.8 Å². The fourth-order valence-corrected chi connectivity index (χ4v) is 3.30. The molecule has 0 aliphatic carbocycles. The zero-order chi connectivity index (χ0) is 15.6. The highest BCUT2D eigenvalue weighted by Crippen LogP contribution is 2.23. The minimum Gasteiger partial charge on any atom is -0.423 e. The van der Waals surface area contributed by atoms with Gasteiger partial charge in [-0.3, -0.25) is 4.79 Å². The number of hydrogen-bond donors (Lipinski definition) is 0. The van der Waals surface area contributed by atoms with E-state index in [4.69, 9.17) is 9.15 Å². The molecule has 1 aromatic carbocycles. The van der Waals surface area contributed by atoms with Crippen LogP contribution in [0.25, 0.3) is 11.1 Å². The highest BCUT2D eigenvalue weighted by molar-refractivity contribution is 5.81. The zero-order valence-electron chi connectivity index (χ0n) is 13.1. The molecule has 23 heavy (non-hydrogen) atoms. The van der Waals surface area contributed by atoms with E-state index in [9.17, 15) is 4.79 Å². The highest BCUT2D eigenvalue weighted by atomic mass is 16.5. The molecule has 4 rings (SSSR count). The van der Waals surface area contributed by atoms with Crippen LogP contribution < -0.4 is 4.90 Å². The molecule has 0 spiro atoms. The quantitative estimate of drug-likeness (QED) is 0.849. The van der Waals surface area contributed by atoms with Crippen molar-refractivity contribution in [1.82, 2.24) is 9.88 Å². The lowest BCUT2D eigenvalue weighted by molar-refractivity contribution is -0.140. The topological polar surface area (TPSA) is 58.8 Å². The molecule has 0 bridgehead atoms. The van der Waals surface area contributed by atoms with Gasteiger partial charge in [0.2, 0.25) is 0 Å². The molecule has 2 aromatic rings. The van der Waals surface area contributed by atoms with Crippen molar-refractivity contribution in [2.75, 3.05) is 37.7 Å². The summed E-state index contributed by atoms with van der Waals surface area (Å²) in [6, 6.07) is 8.43. The van der Waals surface area contributed by atoms with Crippen LogP contribution in [0.2, 0.25) is 0 Å². The van der Waals surface area contributed by atoms with E-state index in [1.807, 2.05) is 29.2 Å². The predicted octanol–water partition coefficient (Wildman–Crippen LogP) is 2.05. The van der Waals surface area contributed by atoms with Gasteiger partial charge in [-0.1, -0.05) is 12.1 Å². The summed E-state index contributed by atoms with van der Waals surface area (Å²) in [4.78, 5) is 21.1. The average molecular weight is 315 g/mol. The van der Waals surface area contributed by atoms with E-state index in [0.29, 0.717) is 19.2 Å². The molecule has 2 fully saturated rings. The predicted molar refractivity (Wildman–Crippen MR) is 86.4 cm³/mol.